The monoisotopic (exact) mass is 341 g/mol. The van der Waals surface area contributed by atoms with E-state index in [-0.39, 0.29) is 5.57 Å². The topological polar surface area (TPSA) is 74.1 Å². The lowest BCUT2D eigenvalue weighted by atomic mass is 10.2. The minimum Gasteiger partial charge on any atom is -0.495 e. The quantitative estimate of drug-likeness (QED) is 0.634. The molecular weight excluding hydrogens is 326 g/mol. The largest absolute Gasteiger partial charge is 0.495 e. The lowest BCUT2D eigenvalue weighted by Crippen LogP contribution is -2.15. The van der Waals surface area contributed by atoms with E-state index >= 15 is 0 Å². The van der Waals surface area contributed by atoms with Gasteiger partial charge in [0.2, 0.25) is 0 Å². The van der Waals surface area contributed by atoms with Crippen molar-refractivity contribution in [1.82, 2.24) is 0 Å². The van der Waals surface area contributed by atoms with Gasteiger partial charge < -0.3 is 15.4 Å². The number of benzene rings is 2. The number of hydrogen-bond acceptors (Lipinski definition) is 4. The summed E-state index contributed by atoms with van der Waals surface area (Å²) in [5.74, 6) is -0.000219. The van der Waals surface area contributed by atoms with Crippen molar-refractivity contribution in [2.45, 2.75) is 6.92 Å². The summed E-state index contributed by atoms with van der Waals surface area (Å²) in [5, 5.41) is 15.4. The summed E-state index contributed by atoms with van der Waals surface area (Å²) in [7, 11) is 1.52. The van der Waals surface area contributed by atoms with Gasteiger partial charge in [0.1, 0.15) is 17.4 Å². The molecule has 0 aliphatic heterocycles. The number of carbonyl (C=O) groups is 1. The zero-order valence-electron chi connectivity index (χ0n) is 13.3. The van der Waals surface area contributed by atoms with Crippen molar-refractivity contribution in [3.05, 3.63) is 64.8 Å². The summed E-state index contributed by atoms with van der Waals surface area (Å²) in [6.07, 6.45) is 1.35. The molecular formula is C18H16ClN3O2. The fourth-order valence-electron chi connectivity index (χ4n) is 1.96. The van der Waals surface area contributed by atoms with Gasteiger partial charge in [0.25, 0.3) is 5.91 Å². The highest BCUT2D eigenvalue weighted by Gasteiger charge is 2.12. The highest BCUT2D eigenvalue weighted by molar-refractivity contribution is 6.30. The zero-order chi connectivity index (χ0) is 17.5. The normalized spacial score (nSPS) is 10.7. The number of aryl methyl sites for hydroxylation is 1. The van der Waals surface area contributed by atoms with Crippen molar-refractivity contribution < 1.29 is 9.53 Å². The molecule has 0 atom stereocenters. The number of methoxy groups -OCH3 is 1. The van der Waals surface area contributed by atoms with Crippen LogP contribution in [0, 0.1) is 18.3 Å². The van der Waals surface area contributed by atoms with Crippen LogP contribution in [-0.2, 0) is 4.79 Å². The van der Waals surface area contributed by atoms with Crippen LogP contribution in [0.1, 0.15) is 5.56 Å². The van der Waals surface area contributed by atoms with Crippen LogP contribution in [0.25, 0.3) is 0 Å². The maximum absolute atomic E-state index is 12.3. The van der Waals surface area contributed by atoms with Crippen LogP contribution in [0.3, 0.4) is 0 Å². The van der Waals surface area contributed by atoms with E-state index in [9.17, 15) is 10.1 Å². The van der Waals surface area contributed by atoms with Crippen LogP contribution < -0.4 is 15.4 Å². The Kier molecular flexibility index (Phi) is 5.83. The van der Waals surface area contributed by atoms with Gasteiger partial charge in [0.15, 0.2) is 0 Å². The van der Waals surface area contributed by atoms with E-state index in [1.54, 1.807) is 36.4 Å². The average Bonchev–Trinajstić information content (AvgIpc) is 2.57. The minimum absolute atomic E-state index is 0.0616. The molecule has 122 valence electrons. The molecule has 0 saturated carbocycles. The molecule has 0 fully saturated rings. The molecule has 0 aliphatic rings. The fourth-order valence-corrected chi connectivity index (χ4v) is 2.09. The number of anilines is 2. The molecule has 0 radical (unpaired) electrons. The Morgan fingerprint density at radius 1 is 1.25 bits per heavy atom. The van der Waals surface area contributed by atoms with E-state index in [0.29, 0.717) is 22.1 Å². The molecule has 0 saturated heterocycles. The van der Waals surface area contributed by atoms with Crippen LogP contribution in [0.2, 0.25) is 5.02 Å². The Morgan fingerprint density at radius 2 is 1.96 bits per heavy atom. The lowest BCUT2D eigenvalue weighted by molar-refractivity contribution is -0.112. The lowest BCUT2D eigenvalue weighted by Gasteiger charge is -2.10. The molecule has 0 unspecified atom stereocenters. The molecule has 2 N–H and O–H groups in total. The van der Waals surface area contributed by atoms with Gasteiger partial charge in [-0.25, -0.2) is 0 Å². The highest BCUT2D eigenvalue weighted by atomic mass is 35.5. The number of amides is 1. The van der Waals surface area contributed by atoms with E-state index in [1.807, 2.05) is 19.1 Å². The molecule has 1 amide bonds. The zero-order valence-corrected chi connectivity index (χ0v) is 14.0. The third-order valence-electron chi connectivity index (χ3n) is 3.20. The number of hydrogen-bond donors (Lipinski definition) is 2. The summed E-state index contributed by atoms with van der Waals surface area (Å²) in [5.41, 5.74) is 2.13. The van der Waals surface area contributed by atoms with Crippen molar-refractivity contribution in [2.24, 2.45) is 0 Å². The molecule has 5 nitrogen and oxygen atoms in total. The summed E-state index contributed by atoms with van der Waals surface area (Å²) in [4.78, 5) is 12.3. The molecule has 0 aromatic heterocycles. The Bertz CT molecular complexity index is 808. The maximum atomic E-state index is 12.3. The van der Waals surface area contributed by atoms with E-state index in [4.69, 9.17) is 16.3 Å². The number of halogens is 1. The molecule has 2 rings (SSSR count). The van der Waals surface area contributed by atoms with Gasteiger partial charge in [-0.3, -0.25) is 4.79 Å². The van der Waals surface area contributed by atoms with Gasteiger partial charge >= 0.3 is 0 Å². The van der Waals surface area contributed by atoms with Crippen LogP contribution in [0.4, 0.5) is 11.4 Å². The Hall–Kier alpha value is -2.97. The van der Waals surface area contributed by atoms with E-state index in [2.05, 4.69) is 10.6 Å². The first-order valence-electron chi connectivity index (χ1n) is 7.12. The van der Waals surface area contributed by atoms with Crippen molar-refractivity contribution in [2.75, 3.05) is 17.7 Å². The number of nitriles is 1. The summed E-state index contributed by atoms with van der Waals surface area (Å²) in [6, 6.07) is 14.2. The molecule has 2 aromatic rings. The van der Waals surface area contributed by atoms with Crippen LogP contribution >= 0.6 is 11.6 Å². The van der Waals surface area contributed by atoms with Gasteiger partial charge in [-0.05, 0) is 48.9 Å². The van der Waals surface area contributed by atoms with Crippen molar-refractivity contribution in [3.8, 4) is 11.8 Å². The highest BCUT2D eigenvalue weighted by Crippen LogP contribution is 2.25. The van der Waals surface area contributed by atoms with Crippen LogP contribution in [-0.4, -0.2) is 13.0 Å². The summed E-state index contributed by atoms with van der Waals surface area (Å²) < 4.78 is 5.21. The van der Waals surface area contributed by atoms with E-state index < -0.39 is 5.91 Å². The second kappa shape index (κ2) is 8.04. The van der Waals surface area contributed by atoms with Gasteiger partial charge in [0, 0.05) is 16.9 Å². The second-order valence-corrected chi connectivity index (χ2v) is 5.42. The fraction of sp³-hybridized carbons (Fsp3) is 0.111. The molecule has 6 heteroatoms. The predicted octanol–water partition coefficient (Wildman–Crippen LogP) is 4.12. The number of rotatable bonds is 5. The number of ether oxygens (including phenoxy) is 1. The van der Waals surface area contributed by atoms with Crippen LogP contribution in [0.15, 0.2) is 54.2 Å². The molecule has 0 heterocycles. The van der Waals surface area contributed by atoms with Crippen molar-refractivity contribution >= 4 is 28.9 Å². The average molecular weight is 342 g/mol. The molecule has 0 bridgehead atoms. The molecule has 24 heavy (non-hydrogen) atoms. The van der Waals surface area contributed by atoms with Gasteiger partial charge in [-0.1, -0.05) is 17.7 Å². The SMILES string of the molecule is COc1ccc(C)cc1NC(=O)/C(C#N)=C\Nc1ccc(Cl)cc1. The third-order valence-corrected chi connectivity index (χ3v) is 3.45. The Morgan fingerprint density at radius 3 is 2.58 bits per heavy atom. The van der Waals surface area contributed by atoms with Gasteiger partial charge in [-0.2, -0.15) is 5.26 Å². The van der Waals surface area contributed by atoms with Crippen molar-refractivity contribution in [1.29, 1.82) is 5.26 Å². The minimum atomic E-state index is -0.525. The number of nitrogens with zero attached hydrogens (tertiary/aromatic N) is 1. The van der Waals surface area contributed by atoms with Crippen molar-refractivity contribution in [3.63, 3.8) is 0 Å². The van der Waals surface area contributed by atoms with Gasteiger partial charge in [0.05, 0.1) is 12.8 Å². The van der Waals surface area contributed by atoms with E-state index in [1.165, 1.54) is 13.3 Å². The predicted molar refractivity (Wildman–Crippen MR) is 95.1 cm³/mol. The first kappa shape index (κ1) is 17.4. The first-order valence-corrected chi connectivity index (χ1v) is 7.49. The second-order valence-electron chi connectivity index (χ2n) is 4.98. The Labute approximate surface area is 145 Å². The van der Waals surface area contributed by atoms with Crippen LogP contribution in [0.5, 0.6) is 5.75 Å². The maximum Gasteiger partial charge on any atom is 0.267 e. The standard InChI is InChI=1S/C18H16ClN3O2/c1-12-3-8-17(24-2)16(9-12)22-18(23)13(10-20)11-21-15-6-4-14(19)5-7-15/h3-9,11,21H,1-2H3,(H,22,23)/b13-11-. The number of nitrogens with one attached hydrogen (secondary N) is 2. The summed E-state index contributed by atoms with van der Waals surface area (Å²) >= 11 is 5.81. The molecule has 2 aromatic carbocycles. The Balaban J connectivity index is 2.14. The molecule has 0 aliphatic carbocycles. The number of carbonyl (C=O) groups excluding carboxylic acids is 1. The summed E-state index contributed by atoms with van der Waals surface area (Å²) in [6.45, 7) is 1.90. The van der Waals surface area contributed by atoms with E-state index in [0.717, 1.165) is 5.56 Å². The smallest absolute Gasteiger partial charge is 0.267 e. The molecule has 0 spiro atoms. The third kappa shape index (κ3) is 4.51. The first-order chi connectivity index (χ1) is 11.5. The van der Waals surface area contributed by atoms with Gasteiger partial charge in [-0.15, -0.1) is 0 Å².